The molecular formula is C18H17F3N2O2. The second-order valence-electron chi connectivity index (χ2n) is 5.87. The number of amides is 1. The second kappa shape index (κ2) is 6.66. The molecule has 1 aliphatic rings. The fraction of sp³-hybridized carbons (Fsp3) is 0.278. The first-order valence-corrected chi connectivity index (χ1v) is 7.85. The molecule has 0 saturated carbocycles. The molecule has 0 bridgehead atoms. The number of phenolic OH excluding ortho intramolecular Hbond substituents is 1. The maximum absolute atomic E-state index is 12.8. The maximum Gasteiger partial charge on any atom is 0.416 e. The van der Waals surface area contributed by atoms with Crippen LogP contribution in [0.1, 0.15) is 15.9 Å². The zero-order valence-corrected chi connectivity index (χ0v) is 13.3. The molecule has 3 rings (SSSR count). The highest BCUT2D eigenvalue weighted by Crippen LogP contribution is 2.30. The Hall–Kier alpha value is -2.70. The Morgan fingerprint density at radius 1 is 0.960 bits per heavy atom. The number of aromatic hydroxyl groups is 1. The van der Waals surface area contributed by atoms with Crippen molar-refractivity contribution in [2.24, 2.45) is 0 Å². The fourth-order valence-electron chi connectivity index (χ4n) is 2.84. The van der Waals surface area contributed by atoms with Crippen molar-refractivity contribution < 1.29 is 23.1 Å². The van der Waals surface area contributed by atoms with Gasteiger partial charge in [-0.2, -0.15) is 13.2 Å². The number of phenols is 1. The molecule has 132 valence electrons. The molecule has 1 amide bonds. The van der Waals surface area contributed by atoms with E-state index in [1.54, 1.807) is 29.2 Å². The lowest BCUT2D eigenvalue weighted by molar-refractivity contribution is -0.137. The van der Waals surface area contributed by atoms with E-state index in [1.165, 1.54) is 12.1 Å². The molecule has 2 aromatic rings. The lowest BCUT2D eigenvalue weighted by Crippen LogP contribution is -2.48. The molecule has 1 heterocycles. The minimum absolute atomic E-state index is 0.0490. The van der Waals surface area contributed by atoms with Crippen LogP contribution in [0.2, 0.25) is 0 Å². The normalized spacial score (nSPS) is 15.3. The summed E-state index contributed by atoms with van der Waals surface area (Å²) in [6.45, 7) is 2.01. The molecule has 7 heteroatoms. The van der Waals surface area contributed by atoms with Crippen LogP contribution in [0.3, 0.4) is 0 Å². The average Bonchev–Trinajstić information content (AvgIpc) is 2.61. The van der Waals surface area contributed by atoms with Gasteiger partial charge < -0.3 is 14.9 Å². The minimum atomic E-state index is -4.46. The molecule has 1 N–H and O–H groups in total. The Morgan fingerprint density at radius 2 is 1.60 bits per heavy atom. The first kappa shape index (κ1) is 17.1. The van der Waals surface area contributed by atoms with Gasteiger partial charge in [-0.25, -0.2) is 0 Å². The van der Waals surface area contributed by atoms with E-state index in [0.717, 1.165) is 17.8 Å². The molecular weight excluding hydrogens is 333 g/mol. The summed E-state index contributed by atoms with van der Waals surface area (Å²) in [7, 11) is 0. The summed E-state index contributed by atoms with van der Waals surface area (Å²) in [6, 6.07) is 11.3. The number of anilines is 1. The second-order valence-corrected chi connectivity index (χ2v) is 5.87. The third kappa shape index (κ3) is 3.87. The van der Waals surface area contributed by atoms with E-state index in [0.29, 0.717) is 26.2 Å². The van der Waals surface area contributed by atoms with E-state index in [9.17, 15) is 23.1 Å². The number of hydrogen-bond acceptors (Lipinski definition) is 3. The number of halogens is 3. The first-order valence-electron chi connectivity index (χ1n) is 7.85. The molecule has 0 radical (unpaired) electrons. The molecule has 0 aliphatic carbocycles. The fourth-order valence-corrected chi connectivity index (χ4v) is 2.84. The van der Waals surface area contributed by atoms with Gasteiger partial charge in [-0.15, -0.1) is 0 Å². The van der Waals surface area contributed by atoms with Crippen molar-refractivity contribution in [3.8, 4) is 5.75 Å². The van der Waals surface area contributed by atoms with Gasteiger partial charge in [0.2, 0.25) is 0 Å². The van der Waals surface area contributed by atoms with E-state index < -0.39 is 17.6 Å². The molecule has 0 spiro atoms. The van der Waals surface area contributed by atoms with Gasteiger partial charge in [-0.05, 0) is 42.5 Å². The van der Waals surface area contributed by atoms with Gasteiger partial charge in [0.25, 0.3) is 5.91 Å². The third-order valence-corrected chi connectivity index (χ3v) is 4.22. The number of carbonyl (C=O) groups is 1. The smallest absolute Gasteiger partial charge is 0.416 e. The molecule has 2 aromatic carbocycles. The van der Waals surface area contributed by atoms with Crippen LogP contribution in [-0.4, -0.2) is 42.1 Å². The van der Waals surface area contributed by atoms with Crippen LogP contribution in [0.15, 0.2) is 48.5 Å². The van der Waals surface area contributed by atoms with Crippen molar-refractivity contribution in [3.05, 3.63) is 59.7 Å². The van der Waals surface area contributed by atoms with Crippen molar-refractivity contribution in [2.75, 3.05) is 31.1 Å². The van der Waals surface area contributed by atoms with Gasteiger partial charge in [-0.1, -0.05) is 6.07 Å². The molecule has 0 atom stereocenters. The highest BCUT2D eigenvalue weighted by atomic mass is 19.4. The minimum Gasteiger partial charge on any atom is -0.508 e. The number of alkyl halides is 3. The quantitative estimate of drug-likeness (QED) is 0.903. The van der Waals surface area contributed by atoms with Crippen LogP contribution in [0.25, 0.3) is 0 Å². The Bertz CT molecular complexity index is 752. The molecule has 0 unspecified atom stereocenters. The lowest BCUT2D eigenvalue weighted by Gasteiger charge is -2.36. The van der Waals surface area contributed by atoms with Crippen LogP contribution in [-0.2, 0) is 6.18 Å². The number of nitrogens with zero attached hydrogens (tertiary/aromatic N) is 2. The van der Waals surface area contributed by atoms with E-state index in [2.05, 4.69) is 4.90 Å². The third-order valence-electron chi connectivity index (χ3n) is 4.22. The number of benzene rings is 2. The zero-order valence-electron chi connectivity index (χ0n) is 13.3. The summed E-state index contributed by atoms with van der Waals surface area (Å²) < 4.78 is 38.4. The highest BCUT2D eigenvalue weighted by Gasteiger charge is 2.31. The van der Waals surface area contributed by atoms with Crippen LogP contribution < -0.4 is 4.90 Å². The molecule has 1 saturated heterocycles. The summed E-state index contributed by atoms with van der Waals surface area (Å²) in [5.41, 5.74) is 0.165. The van der Waals surface area contributed by atoms with Gasteiger partial charge in [0.05, 0.1) is 5.56 Å². The van der Waals surface area contributed by atoms with Gasteiger partial charge in [0.1, 0.15) is 5.75 Å². The summed E-state index contributed by atoms with van der Waals surface area (Å²) in [5, 5.41) is 9.32. The number of hydrogen-bond donors (Lipinski definition) is 1. The first-order chi connectivity index (χ1) is 11.8. The topological polar surface area (TPSA) is 43.8 Å². The maximum atomic E-state index is 12.8. The zero-order chi connectivity index (χ0) is 18.0. The summed E-state index contributed by atoms with van der Waals surface area (Å²) in [6.07, 6.45) is -4.46. The number of piperazine rings is 1. The van der Waals surface area contributed by atoms with Crippen molar-refractivity contribution in [2.45, 2.75) is 6.18 Å². The number of rotatable bonds is 2. The van der Waals surface area contributed by atoms with E-state index in [1.807, 2.05) is 0 Å². The SMILES string of the molecule is O=C(c1cccc(C(F)(F)F)c1)N1CCN(c2ccc(O)cc2)CC1. The molecule has 4 nitrogen and oxygen atoms in total. The standard InChI is InChI=1S/C18H17F3N2O2/c19-18(20,21)14-3-1-2-13(12-14)17(25)23-10-8-22(9-11-23)15-4-6-16(24)7-5-15/h1-7,12,24H,8-11H2. The summed E-state index contributed by atoms with van der Waals surface area (Å²) >= 11 is 0. The number of carbonyl (C=O) groups excluding carboxylic acids is 1. The lowest BCUT2D eigenvalue weighted by atomic mass is 10.1. The van der Waals surface area contributed by atoms with Gasteiger partial charge in [-0.3, -0.25) is 4.79 Å². The van der Waals surface area contributed by atoms with Crippen molar-refractivity contribution in [1.82, 2.24) is 4.90 Å². The molecule has 25 heavy (non-hydrogen) atoms. The van der Waals surface area contributed by atoms with Crippen LogP contribution >= 0.6 is 0 Å². The Kier molecular flexibility index (Phi) is 4.57. The van der Waals surface area contributed by atoms with Gasteiger partial charge >= 0.3 is 6.18 Å². The van der Waals surface area contributed by atoms with E-state index >= 15 is 0 Å². The molecule has 0 aromatic heterocycles. The molecule has 1 fully saturated rings. The largest absolute Gasteiger partial charge is 0.508 e. The molecule has 1 aliphatic heterocycles. The predicted molar refractivity (Wildman–Crippen MR) is 87.7 cm³/mol. The summed E-state index contributed by atoms with van der Waals surface area (Å²) in [5.74, 6) is -0.210. The predicted octanol–water partition coefficient (Wildman–Crippen LogP) is 3.37. The Balaban J connectivity index is 1.66. The summed E-state index contributed by atoms with van der Waals surface area (Å²) in [4.78, 5) is 16.1. The average molecular weight is 350 g/mol. The van der Waals surface area contributed by atoms with Crippen molar-refractivity contribution in [1.29, 1.82) is 0 Å². The highest BCUT2D eigenvalue weighted by molar-refractivity contribution is 5.94. The van der Waals surface area contributed by atoms with Crippen LogP contribution in [0.4, 0.5) is 18.9 Å². The monoisotopic (exact) mass is 350 g/mol. The van der Waals surface area contributed by atoms with Gasteiger partial charge in [0.15, 0.2) is 0 Å². The van der Waals surface area contributed by atoms with Crippen LogP contribution in [0.5, 0.6) is 5.75 Å². The Morgan fingerprint density at radius 3 is 2.20 bits per heavy atom. The van der Waals surface area contributed by atoms with Crippen LogP contribution in [0, 0.1) is 0 Å². The van der Waals surface area contributed by atoms with Crippen molar-refractivity contribution >= 4 is 11.6 Å². The van der Waals surface area contributed by atoms with E-state index in [4.69, 9.17) is 0 Å². The Labute approximate surface area is 143 Å². The van der Waals surface area contributed by atoms with E-state index in [-0.39, 0.29) is 11.3 Å². The van der Waals surface area contributed by atoms with Crippen molar-refractivity contribution in [3.63, 3.8) is 0 Å². The van der Waals surface area contributed by atoms with Gasteiger partial charge in [0, 0.05) is 37.4 Å².